The van der Waals surface area contributed by atoms with Crippen molar-refractivity contribution in [3.63, 3.8) is 0 Å². The number of nitrogens with zero attached hydrogens (tertiary/aromatic N) is 1. The molecule has 3 rings (SSSR count). The number of rotatable bonds is 5. The van der Waals surface area contributed by atoms with Crippen LogP contribution in [0.25, 0.3) is 0 Å². The summed E-state index contributed by atoms with van der Waals surface area (Å²) in [6, 6.07) is 11.4. The maximum absolute atomic E-state index is 14.0. The van der Waals surface area contributed by atoms with Gasteiger partial charge in [-0.1, -0.05) is 41.9 Å². The molecule has 0 radical (unpaired) electrons. The minimum Gasteiger partial charge on any atom is -0.351 e. The number of halogens is 2. The molecule has 0 spiro atoms. The second kappa shape index (κ2) is 7.73. The van der Waals surface area contributed by atoms with Gasteiger partial charge in [0.15, 0.2) is 0 Å². The second-order valence-corrected chi connectivity index (χ2v) is 8.28. The highest BCUT2D eigenvalue weighted by Crippen LogP contribution is 2.27. The Balaban J connectivity index is 1.76. The van der Waals surface area contributed by atoms with E-state index in [9.17, 15) is 17.6 Å². The first-order valence-corrected chi connectivity index (χ1v) is 10.0. The molecule has 1 fully saturated rings. The molecule has 1 heterocycles. The molecule has 0 aromatic heterocycles. The zero-order valence-corrected chi connectivity index (χ0v) is 15.4. The van der Waals surface area contributed by atoms with Crippen LogP contribution in [0.15, 0.2) is 53.4 Å². The fourth-order valence-corrected chi connectivity index (χ4v) is 4.94. The lowest BCUT2D eigenvalue weighted by Gasteiger charge is -2.23. The smallest absolute Gasteiger partial charge is 0.246 e. The number of hydrogen-bond acceptors (Lipinski definition) is 3. The van der Waals surface area contributed by atoms with E-state index >= 15 is 0 Å². The topological polar surface area (TPSA) is 66.5 Å². The molecule has 0 bridgehead atoms. The number of carbonyl (C=O) groups is 1. The molecule has 8 heteroatoms. The molecule has 2 aromatic rings. The van der Waals surface area contributed by atoms with Gasteiger partial charge >= 0.3 is 0 Å². The van der Waals surface area contributed by atoms with E-state index in [4.69, 9.17) is 11.6 Å². The lowest BCUT2D eigenvalue weighted by molar-refractivity contribution is -0.124. The van der Waals surface area contributed by atoms with Gasteiger partial charge in [-0.25, -0.2) is 12.8 Å². The predicted octanol–water partition coefficient (Wildman–Crippen LogP) is 2.95. The first kappa shape index (κ1) is 18.8. The van der Waals surface area contributed by atoms with Crippen LogP contribution in [-0.2, 0) is 21.4 Å². The van der Waals surface area contributed by atoms with E-state index in [0.717, 1.165) is 15.9 Å². The van der Waals surface area contributed by atoms with Crippen LogP contribution in [0.2, 0.25) is 5.02 Å². The van der Waals surface area contributed by atoms with E-state index < -0.39 is 32.7 Å². The molecule has 1 amide bonds. The quantitative estimate of drug-likeness (QED) is 0.845. The average Bonchev–Trinajstić information content (AvgIpc) is 3.12. The van der Waals surface area contributed by atoms with Gasteiger partial charge in [-0.05, 0) is 36.6 Å². The molecule has 1 N–H and O–H groups in total. The Labute approximate surface area is 156 Å². The summed E-state index contributed by atoms with van der Waals surface area (Å²) in [5.74, 6) is -1.24. The summed E-state index contributed by atoms with van der Waals surface area (Å²) in [5, 5.41) is 3.25. The molecule has 138 valence electrons. The summed E-state index contributed by atoms with van der Waals surface area (Å²) >= 11 is 6.07. The van der Waals surface area contributed by atoms with Crippen molar-refractivity contribution in [1.82, 2.24) is 9.62 Å². The van der Waals surface area contributed by atoms with Crippen molar-refractivity contribution >= 4 is 27.5 Å². The number of carbonyl (C=O) groups excluding carboxylic acids is 1. The van der Waals surface area contributed by atoms with Gasteiger partial charge in [-0.15, -0.1) is 0 Å². The molecule has 1 aliphatic heterocycles. The van der Waals surface area contributed by atoms with E-state index in [1.54, 1.807) is 24.3 Å². The molecule has 1 atom stereocenters. The summed E-state index contributed by atoms with van der Waals surface area (Å²) in [6.07, 6.45) is 0.930. The maximum Gasteiger partial charge on any atom is 0.246 e. The molecule has 26 heavy (non-hydrogen) atoms. The van der Waals surface area contributed by atoms with Gasteiger partial charge in [0, 0.05) is 18.1 Å². The third-order valence-corrected chi connectivity index (χ3v) is 6.65. The minimum atomic E-state index is -4.08. The Bertz CT molecular complexity index is 920. The van der Waals surface area contributed by atoms with Gasteiger partial charge < -0.3 is 5.32 Å². The van der Waals surface area contributed by atoms with Crippen molar-refractivity contribution in [1.29, 1.82) is 0 Å². The Hall–Kier alpha value is -1.96. The van der Waals surface area contributed by atoms with Gasteiger partial charge in [-0.2, -0.15) is 4.31 Å². The van der Waals surface area contributed by atoms with Crippen LogP contribution in [0.4, 0.5) is 4.39 Å². The molecule has 1 saturated heterocycles. The van der Waals surface area contributed by atoms with E-state index in [2.05, 4.69) is 5.32 Å². The fourth-order valence-electron chi connectivity index (χ4n) is 3.01. The number of nitrogens with one attached hydrogen (secondary N) is 1. The van der Waals surface area contributed by atoms with Gasteiger partial charge in [0.05, 0.1) is 0 Å². The fraction of sp³-hybridized carbons (Fsp3) is 0.278. The number of sulfonamides is 1. The monoisotopic (exact) mass is 396 g/mol. The van der Waals surface area contributed by atoms with Gasteiger partial charge in [0.1, 0.15) is 16.8 Å². The zero-order chi connectivity index (χ0) is 18.7. The molecule has 0 aliphatic carbocycles. The van der Waals surface area contributed by atoms with Crippen molar-refractivity contribution in [3.8, 4) is 0 Å². The van der Waals surface area contributed by atoms with Gasteiger partial charge in [0.2, 0.25) is 15.9 Å². The molecule has 0 unspecified atom stereocenters. The Kier molecular flexibility index (Phi) is 5.60. The van der Waals surface area contributed by atoms with Crippen molar-refractivity contribution in [2.75, 3.05) is 6.54 Å². The molecule has 0 saturated carbocycles. The highest BCUT2D eigenvalue weighted by molar-refractivity contribution is 7.89. The summed E-state index contributed by atoms with van der Waals surface area (Å²) in [6.45, 7) is 0.378. The SMILES string of the molecule is O=C(NCc1ccccc1Cl)[C@H]1CCCN1S(=O)(=O)c1ccccc1F. The first-order chi connectivity index (χ1) is 12.4. The van der Waals surface area contributed by atoms with Crippen LogP contribution >= 0.6 is 11.6 Å². The highest BCUT2D eigenvalue weighted by Gasteiger charge is 2.40. The summed E-state index contributed by atoms with van der Waals surface area (Å²) in [5.41, 5.74) is 0.740. The standard InChI is InChI=1S/C18H18ClFN2O3S/c19-14-7-2-1-6-13(14)12-21-18(23)16-9-5-11-22(16)26(24,25)17-10-4-3-8-15(17)20/h1-4,6-8,10,16H,5,9,11-12H2,(H,21,23)/t16-/m1/s1. The van der Waals surface area contributed by atoms with Gasteiger partial charge in [-0.3, -0.25) is 4.79 Å². The first-order valence-electron chi connectivity index (χ1n) is 8.19. The van der Waals surface area contributed by atoms with Crippen LogP contribution in [0.1, 0.15) is 18.4 Å². The molecule has 5 nitrogen and oxygen atoms in total. The molecular weight excluding hydrogens is 379 g/mol. The summed E-state index contributed by atoms with van der Waals surface area (Å²) in [4.78, 5) is 12.1. The van der Waals surface area contributed by atoms with Crippen LogP contribution < -0.4 is 5.32 Å². The van der Waals surface area contributed by atoms with Crippen molar-refractivity contribution in [3.05, 3.63) is 64.9 Å². The summed E-state index contributed by atoms with van der Waals surface area (Å²) in [7, 11) is -4.08. The highest BCUT2D eigenvalue weighted by atomic mass is 35.5. The van der Waals surface area contributed by atoms with Crippen LogP contribution in [0, 0.1) is 5.82 Å². The average molecular weight is 397 g/mol. The van der Waals surface area contributed by atoms with E-state index in [0.29, 0.717) is 17.9 Å². The van der Waals surface area contributed by atoms with Gasteiger partial charge in [0.25, 0.3) is 0 Å². The van der Waals surface area contributed by atoms with E-state index in [-0.39, 0.29) is 13.1 Å². The minimum absolute atomic E-state index is 0.181. The molecule has 2 aromatic carbocycles. The van der Waals surface area contributed by atoms with Crippen LogP contribution in [0.5, 0.6) is 0 Å². The molecule has 1 aliphatic rings. The summed E-state index contributed by atoms with van der Waals surface area (Å²) < 4.78 is 40.6. The van der Waals surface area contributed by atoms with Crippen LogP contribution in [-0.4, -0.2) is 31.2 Å². The Morgan fingerprint density at radius 3 is 2.62 bits per heavy atom. The lowest BCUT2D eigenvalue weighted by atomic mass is 10.2. The number of benzene rings is 2. The normalized spacial score (nSPS) is 18.0. The van der Waals surface area contributed by atoms with Crippen molar-refractivity contribution in [2.45, 2.75) is 30.3 Å². The third kappa shape index (κ3) is 3.75. The number of hydrogen-bond donors (Lipinski definition) is 1. The molecular formula is C18H18ClFN2O3S. The third-order valence-electron chi connectivity index (χ3n) is 4.34. The second-order valence-electron chi connectivity index (χ2n) is 6.01. The lowest BCUT2D eigenvalue weighted by Crippen LogP contribution is -2.45. The van der Waals surface area contributed by atoms with E-state index in [1.807, 2.05) is 0 Å². The Morgan fingerprint density at radius 1 is 1.19 bits per heavy atom. The predicted molar refractivity (Wildman–Crippen MR) is 96.6 cm³/mol. The maximum atomic E-state index is 14.0. The van der Waals surface area contributed by atoms with Crippen molar-refractivity contribution < 1.29 is 17.6 Å². The van der Waals surface area contributed by atoms with E-state index in [1.165, 1.54) is 18.2 Å². The van der Waals surface area contributed by atoms with Crippen LogP contribution in [0.3, 0.4) is 0 Å². The Morgan fingerprint density at radius 2 is 1.88 bits per heavy atom. The van der Waals surface area contributed by atoms with Crippen molar-refractivity contribution in [2.24, 2.45) is 0 Å². The largest absolute Gasteiger partial charge is 0.351 e. The zero-order valence-electron chi connectivity index (χ0n) is 13.9. The number of amides is 1.